The van der Waals surface area contributed by atoms with Crippen molar-refractivity contribution in [2.24, 2.45) is 3.77 Å². The molecule has 2 nitrogen and oxygen atoms in total. The van der Waals surface area contributed by atoms with Crippen LogP contribution in [0.15, 0.2) is 3.77 Å². The average Bonchev–Trinajstić information content (AvgIpc) is 2.43. The summed E-state index contributed by atoms with van der Waals surface area (Å²) in [6.07, 6.45) is -5.87. The molecule has 0 spiro atoms. The molecule has 2 unspecified atom stereocenters. The van der Waals surface area contributed by atoms with E-state index in [0.717, 1.165) is 0 Å². The monoisotopic (exact) mass is 280 g/mol. The Bertz CT molecular complexity index is 297. The van der Waals surface area contributed by atoms with Crippen LogP contribution in [-0.4, -0.2) is 22.3 Å². The first kappa shape index (κ1) is 13.0. The Morgan fingerprint density at radius 2 is 1.60 bits per heavy atom. The number of hydrogen-bond donors (Lipinski definition) is 0. The van der Waals surface area contributed by atoms with Gasteiger partial charge in [-0.25, -0.2) is 4.39 Å². The van der Waals surface area contributed by atoms with E-state index in [1.54, 1.807) is 0 Å². The van der Waals surface area contributed by atoms with Crippen molar-refractivity contribution in [3.05, 3.63) is 0 Å². The van der Waals surface area contributed by atoms with Gasteiger partial charge in [0.2, 0.25) is 0 Å². The molecule has 0 bridgehead atoms. The molecule has 1 aliphatic heterocycles. The average molecular weight is 280 g/mol. The van der Waals surface area contributed by atoms with Crippen LogP contribution in [-0.2, 0) is 11.5 Å². The van der Waals surface area contributed by atoms with Crippen molar-refractivity contribution in [1.29, 1.82) is 0 Å². The van der Waals surface area contributed by atoms with Crippen molar-refractivity contribution in [2.45, 2.75) is 18.0 Å². The fourth-order valence-electron chi connectivity index (χ4n) is 0.712. The molecule has 0 saturated carbocycles. The molecule has 0 N–H and O–H groups in total. The van der Waals surface area contributed by atoms with E-state index in [-0.39, 0.29) is 0 Å². The van der Waals surface area contributed by atoms with Crippen molar-refractivity contribution in [3.8, 4) is 0 Å². The van der Waals surface area contributed by atoms with E-state index in [1.807, 2.05) is 3.77 Å². The normalized spacial score (nSPS) is 34.3. The minimum Gasteiger partial charge on any atom is -0.206 e. The number of nitrogens with zero attached hydrogens (tertiary/aromatic N) is 2. The van der Waals surface area contributed by atoms with Crippen LogP contribution in [0.1, 0.15) is 0 Å². The minimum absolute atomic E-state index is 0.933. The van der Waals surface area contributed by atoms with E-state index >= 15 is 0 Å². The second-order valence-electron chi connectivity index (χ2n) is 2.31. The second-order valence-corrected chi connectivity index (χ2v) is 3.83. The summed E-state index contributed by atoms with van der Waals surface area (Å²) in [5.41, 5.74) is 0. The Hall–Kier alpha value is -0.100. The van der Waals surface area contributed by atoms with Crippen LogP contribution < -0.4 is 0 Å². The lowest BCUT2D eigenvalue weighted by Gasteiger charge is -2.08. The quantitative estimate of drug-likeness (QED) is 0.334. The van der Waals surface area contributed by atoms with E-state index in [4.69, 9.17) is 0 Å². The summed E-state index contributed by atoms with van der Waals surface area (Å²) in [6.45, 7) is 0. The topological polar surface area (TPSA) is 15.4 Å². The van der Waals surface area contributed by atoms with Gasteiger partial charge in [0.15, 0.2) is 0 Å². The summed E-state index contributed by atoms with van der Waals surface area (Å²) >= 11 is -4.64. The fourth-order valence-corrected chi connectivity index (χ4v) is 1.69. The van der Waals surface area contributed by atoms with Crippen molar-refractivity contribution >= 4 is 23.6 Å². The maximum Gasteiger partial charge on any atom is 0.445 e. The summed E-state index contributed by atoms with van der Waals surface area (Å²) in [7, 11) is 0. The second kappa shape index (κ2) is 3.45. The summed E-state index contributed by atoms with van der Waals surface area (Å²) in [5.74, 6) is -4.92. The Morgan fingerprint density at radius 1 is 1.13 bits per heavy atom. The minimum atomic E-state index is -5.87. The van der Waals surface area contributed by atoms with Gasteiger partial charge in [0, 0.05) is 0 Å². The first-order chi connectivity index (χ1) is 6.55. The zero-order valence-electron chi connectivity index (χ0n) is 6.23. The zero-order valence-corrected chi connectivity index (χ0v) is 7.87. The third kappa shape index (κ3) is 1.82. The molecule has 15 heavy (non-hydrogen) atoms. The van der Waals surface area contributed by atoms with Gasteiger partial charge in [0.25, 0.3) is 11.5 Å². The van der Waals surface area contributed by atoms with Gasteiger partial charge in [0.1, 0.15) is 0 Å². The third-order valence-corrected chi connectivity index (χ3v) is 2.79. The molecule has 0 radical (unpaired) electrons. The molecule has 1 aliphatic rings. The molecule has 0 amide bonds. The van der Waals surface area contributed by atoms with Crippen molar-refractivity contribution in [2.75, 3.05) is 0 Å². The number of rotatable bonds is 2. The van der Waals surface area contributed by atoms with Crippen LogP contribution >= 0.6 is 12.1 Å². The van der Waals surface area contributed by atoms with Gasteiger partial charge in [-0.05, 0) is 0 Å². The molecule has 2 atom stereocenters. The molecule has 1 heterocycles. The largest absolute Gasteiger partial charge is 0.445 e. The smallest absolute Gasteiger partial charge is 0.206 e. The first-order valence-corrected chi connectivity index (χ1v) is 4.65. The first-order valence-electron chi connectivity index (χ1n) is 2.94. The standard InChI is InChI=1S/C3F8N2S2/c4-1(2(5,6)7)3(8,9)13(1)14-12-15(10)11. The maximum absolute atomic E-state index is 12.6. The number of halogens is 8. The molecule has 1 rings (SSSR count). The van der Waals surface area contributed by atoms with Gasteiger partial charge in [-0.3, -0.25) is 0 Å². The summed E-state index contributed by atoms with van der Waals surface area (Å²) in [4.78, 5) is 0. The number of hydrogen-bond acceptors (Lipinski definition) is 3. The highest BCUT2D eigenvalue weighted by Crippen LogP contribution is 2.66. The van der Waals surface area contributed by atoms with Crippen molar-refractivity contribution in [3.63, 3.8) is 0 Å². The van der Waals surface area contributed by atoms with E-state index in [0.29, 0.717) is 0 Å². The van der Waals surface area contributed by atoms with Crippen molar-refractivity contribution in [1.82, 2.24) is 4.31 Å². The fraction of sp³-hybridized carbons (Fsp3) is 1.00. The molecular formula is C3F8N2S2. The lowest BCUT2D eigenvalue weighted by molar-refractivity contribution is -0.220. The molecular weight excluding hydrogens is 280 g/mol. The summed E-state index contributed by atoms with van der Waals surface area (Å²) in [6, 6.07) is -4.88. The van der Waals surface area contributed by atoms with E-state index in [1.165, 1.54) is 0 Å². The van der Waals surface area contributed by atoms with Crippen LogP contribution in [0.5, 0.6) is 0 Å². The lowest BCUT2D eigenvalue weighted by Crippen LogP contribution is -2.33. The van der Waals surface area contributed by atoms with E-state index in [2.05, 4.69) is 0 Å². The van der Waals surface area contributed by atoms with Crippen LogP contribution in [0, 0.1) is 0 Å². The van der Waals surface area contributed by atoms with Gasteiger partial charge < -0.3 is 0 Å². The Morgan fingerprint density at radius 3 is 1.87 bits per heavy atom. The van der Waals surface area contributed by atoms with Gasteiger partial charge >= 0.3 is 18.0 Å². The molecule has 0 aromatic carbocycles. The highest BCUT2D eigenvalue weighted by Gasteiger charge is 2.94. The molecule has 12 heteroatoms. The maximum atomic E-state index is 12.6. The molecule has 90 valence electrons. The molecule has 0 aromatic rings. The van der Waals surface area contributed by atoms with Crippen LogP contribution in [0.4, 0.5) is 34.1 Å². The van der Waals surface area contributed by atoms with Gasteiger partial charge in [0.05, 0.1) is 12.1 Å². The molecule has 1 fully saturated rings. The van der Waals surface area contributed by atoms with Crippen molar-refractivity contribution < 1.29 is 34.1 Å². The predicted octanol–water partition coefficient (Wildman–Crippen LogP) is 3.26. The summed E-state index contributed by atoms with van der Waals surface area (Å²) < 4.78 is 96.1. The molecule has 0 aromatic heterocycles. The SMILES string of the molecule is FS(F)=NSN1C(F)(F)C1(F)C(F)(F)F. The van der Waals surface area contributed by atoms with Crippen LogP contribution in [0.3, 0.4) is 0 Å². The third-order valence-electron chi connectivity index (χ3n) is 1.43. The zero-order chi connectivity index (χ0) is 12.1. The highest BCUT2D eigenvalue weighted by atomic mass is 32.3. The van der Waals surface area contributed by atoms with E-state index < -0.39 is 45.9 Å². The van der Waals surface area contributed by atoms with Gasteiger partial charge in [-0.1, -0.05) is 0 Å². The Balaban J connectivity index is 2.84. The molecule has 1 saturated heterocycles. The van der Waals surface area contributed by atoms with Crippen LogP contribution in [0.2, 0.25) is 0 Å². The Labute approximate surface area is 84.6 Å². The highest BCUT2D eigenvalue weighted by molar-refractivity contribution is 8.01. The predicted molar refractivity (Wildman–Crippen MR) is 36.3 cm³/mol. The van der Waals surface area contributed by atoms with Crippen LogP contribution in [0.25, 0.3) is 0 Å². The van der Waals surface area contributed by atoms with E-state index in [9.17, 15) is 34.1 Å². The number of alkyl halides is 6. The lowest BCUT2D eigenvalue weighted by atomic mass is 10.4. The molecule has 0 aliphatic carbocycles. The Kier molecular flexibility index (Phi) is 2.98. The van der Waals surface area contributed by atoms with Gasteiger partial charge in [-0.15, -0.1) is 15.8 Å². The van der Waals surface area contributed by atoms with Gasteiger partial charge in [-0.2, -0.15) is 22.0 Å². The summed E-state index contributed by atoms with van der Waals surface area (Å²) in [5, 5.41) is 0.